The molecule has 1 fully saturated rings. The molecule has 1 amide bonds. The number of nitrogens with one attached hydrogen (secondary N) is 1. The first-order valence-corrected chi connectivity index (χ1v) is 11.8. The molecule has 2 aromatic rings. The molecule has 0 saturated carbocycles. The van der Waals surface area contributed by atoms with Crippen LogP contribution in [0.2, 0.25) is 0 Å². The fraction of sp³-hybridized carbons (Fsp3) is 0.435. The van der Waals surface area contributed by atoms with Gasteiger partial charge in [-0.15, -0.1) is 0 Å². The quantitative estimate of drug-likeness (QED) is 0.740. The van der Waals surface area contributed by atoms with Gasteiger partial charge in [-0.1, -0.05) is 12.1 Å². The molecule has 0 spiro atoms. The number of sulfonamides is 1. The van der Waals surface area contributed by atoms with Gasteiger partial charge in [0.2, 0.25) is 15.9 Å². The van der Waals surface area contributed by atoms with Gasteiger partial charge in [0, 0.05) is 37.9 Å². The Bertz CT molecular complexity index is 1050. The zero-order valence-electron chi connectivity index (χ0n) is 18.9. The number of piperazine rings is 1. The molecule has 1 saturated heterocycles. The molecule has 1 aliphatic heterocycles. The van der Waals surface area contributed by atoms with Gasteiger partial charge in [0.25, 0.3) is 0 Å². The molecule has 168 valence electrons. The van der Waals surface area contributed by atoms with Crippen LogP contribution in [-0.4, -0.2) is 63.4 Å². The molecular weight excluding hydrogens is 414 g/mol. The SMILES string of the molecule is COc1cccc(NC(=O)CN2CCN(S(=O)(=O)c3c(C)c(C)cc(C)c3C)CC2)c1. The predicted octanol–water partition coefficient (Wildman–Crippen LogP) is 2.87. The number of hydrogen-bond donors (Lipinski definition) is 1. The summed E-state index contributed by atoms with van der Waals surface area (Å²) in [6.07, 6.45) is 0. The Hall–Kier alpha value is -2.42. The molecule has 7 nitrogen and oxygen atoms in total. The third-order valence-corrected chi connectivity index (χ3v) is 8.12. The summed E-state index contributed by atoms with van der Waals surface area (Å²) in [4.78, 5) is 14.8. The van der Waals surface area contributed by atoms with E-state index in [9.17, 15) is 13.2 Å². The van der Waals surface area contributed by atoms with E-state index < -0.39 is 10.0 Å². The Balaban J connectivity index is 1.63. The summed E-state index contributed by atoms with van der Waals surface area (Å²) >= 11 is 0. The Kier molecular flexibility index (Phi) is 7.03. The predicted molar refractivity (Wildman–Crippen MR) is 122 cm³/mol. The summed E-state index contributed by atoms with van der Waals surface area (Å²) in [6, 6.07) is 9.22. The molecule has 0 unspecified atom stereocenters. The van der Waals surface area contributed by atoms with Crippen molar-refractivity contribution in [3.8, 4) is 5.75 Å². The van der Waals surface area contributed by atoms with Crippen LogP contribution in [0.4, 0.5) is 5.69 Å². The van der Waals surface area contributed by atoms with E-state index in [2.05, 4.69) is 5.32 Å². The number of carbonyl (C=O) groups is 1. The molecule has 0 atom stereocenters. The first kappa shape index (κ1) is 23.2. The molecule has 3 rings (SSSR count). The first-order valence-electron chi connectivity index (χ1n) is 10.4. The normalized spacial score (nSPS) is 15.6. The minimum Gasteiger partial charge on any atom is -0.497 e. The summed E-state index contributed by atoms with van der Waals surface area (Å²) < 4.78 is 33.5. The van der Waals surface area contributed by atoms with Gasteiger partial charge in [0.15, 0.2) is 0 Å². The number of methoxy groups -OCH3 is 1. The topological polar surface area (TPSA) is 79.0 Å². The number of ether oxygens (including phenoxy) is 1. The van der Waals surface area contributed by atoms with Crippen molar-refractivity contribution < 1.29 is 17.9 Å². The Morgan fingerprint density at radius 1 is 1.00 bits per heavy atom. The van der Waals surface area contributed by atoms with E-state index in [-0.39, 0.29) is 12.5 Å². The highest BCUT2D eigenvalue weighted by molar-refractivity contribution is 7.89. The molecule has 2 aromatic carbocycles. The van der Waals surface area contributed by atoms with Crippen molar-refractivity contribution in [2.75, 3.05) is 45.2 Å². The molecule has 0 aliphatic carbocycles. The molecule has 1 heterocycles. The lowest BCUT2D eigenvalue weighted by molar-refractivity contribution is -0.117. The van der Waals surface area contributed by atoms with E-state index in [1.54, 1.807) is 19.2 Å². The lowest BCUT2D eigenvalue weighted by Crippen LogP contribution is -2.50. The van der Waals surface area contributed by atoms with Gasteiger partial charge in [0.05, 0.1) is 18.6 Å². The van der Waals surface area contributed by atoms with Gasteiger partial charge in [-0.3, -0.25) is 9.69 Å². The van der Waals surface area contributed by atoms with Crippen molar-refractivity contribution in [2.45, 2.75) is 32.6 Å². The Morgan fingerprint density at radius 3 is 2.19 bits per heavy atom. The van der Waals surface area contributed by atoms with Crippen LogP contribution in [0.3, 0.4) is 0 Å². The smallest absolute Gasteiger partial charge is 0.243 e. The molecule has 8 heteroatoms. The average molecular weight is 446 g/mol. The summed E-state index contributed by atoms with van der Waals surface area (Å²) in [5, 5.41) is 2.87. The number of aryl methyl sites for hydroxylation is 2. The van der Waals surface area contributed by atoms with Gasteiger partial charge in [-0.05, 0) is 62.1 Å². The number of anilines is 1. The number of benzene rings is 2. The van der Waals surface area contributed by atoms with Gasteiger partial charge >= 0.3 is 0 Å². The third-order valence-electron chi connectivity index (χ3n) is 5.95. The maximum atomic E-state index is 13.4. The van der Waals surface area contributed by atoms with Crippen molar-refractivity contribution in [1.29, 1.82) is 0 Å². The Labute approximate surface area is 185 Å². The highest BCUT2D eigenvalue weighted by Crippen LogP contribution is 2.29. The number of hydrogen-bond acceptors (Lipinski definition) is 5. The number of nitrogens with zero attached hydrogens (tertiary/aromatic N) is 2. The van der Waals surface area contributed by atoms with Crippen LogP contribution < -0.4 is 10.1 Å². The lowest BCUT2D eigenvalue weighted by atomic mass is 10.0. The maximum Gasteiger partial charge on any atom is 0.243 e. The summed E-state index contributed by atoms with van der Waals surface area (Å²) in [7, 11) is -2.01. The zero-order chi connectivity index (χ0) is 22.8. The molecule has 0 bridgehead atoms. The van der Waals surface area contributed by atoms with Crippen molar-refractivity contribution in [1.82, 2.24) is 9.21 Å². The van der Waals surface area contributed by atoms with Gasteiger partial charge in [-0.25, -0.2) is 8.42 Å². The van der Waals surface area contributed by atoms with Gasteiger partial charge in [0.1, 0.15) is 5.75 Å². The molecule has 0 radical (unpaired) electrons. The monoisotopic (exact) mass is 445 g/mol. The lowest BCUT2D eigenvalue weighted by Gasteiger charge is -2.34. The number of amides is 1. The van der Waals surface area contributed by atoms with E-state index >= 15 is 0 Å². The van der Waals surface area contributed by atoms with Crippen LogP contribution in [-0.2, 0) is 14.8 Å². The van der Waals surface area contributed by atoms with Crippen LogP contribution in [0, 0.1) is 27.7 Å². The average Bonchev–Trinajstić information content (AvgIpc) is 2.73. The highest BCUT2D eigenvalue weighted by Gasteiger charge is 2.32. The minimum atomic E-state index is -3.58. The van der Waals surface area contributed by atoms with Crippen molar-refractivity contribution in [3.05, 3.63) is 52.6 Å². The standard InChI is InChI=1S/C23H31N3O4S/c1-16-13-17(2)19(4)23(18(16)3)31(28,29)26-11-9-25(10-12-26)15-22(27)24-20-7-6-8-21(14-20)30-5/h6-8,13-14H,9-12,15H2,1-5H3,(H,24,27). The van der Waals surface area contributed by atoms with E-state index in [1.807, 2.05) is 50.8 Å². The van der Waals surface area contributed by atoms with Gasteiger partial charge < -0.3 is 10.1 Å². The van der Waals surface area contributed by atoms with Crippen LogP contribution in [0.15, 0.2) is 35.2 Å². The highest BCUT2D eigenvalue weighted by atomic mass is 32.2. The first-order chi connectivity index (χ1) is 14.6. The van der Waals surface area contributed by atoms with Crippen molar-refractivity contribution in [2.24, 2.45) is 0 Å². The van der Waals surface area contributed by atoms with Crippen LogP contribution in [0.25, 0.3) is 0 Å². The molecule has 0 aromatic heterocycles. The zero-order valence-corrected chi connectivity index (χ0v) is 19.7. The van der Waals surface area contributed by atoms with Crippen molar-refractivity contribution in [3.63, 3.8) is 0 Å². The van der Waals surface area contributed by atoms with E-state index in [0.717, 1.165) is 22.3 Å². The third kappa shape index (κ3) is 5.08. The van der Waals surface area contributed by atoms with E-state index in [1.165, 1.54) is 4.31 Å². The second kappa shape index (κ2) is 9.38. The second-order valence-corrected chi connectivity index (χ2v) is 9.92. The maximum absolute atomic E-state index is 13.4. The van der Waals surface area contributed by atoms with Crippen LogP contribution >= 0.6 is 0 Å². The van der Waals surface area contributed by atoms with E-state index in [0.29, 0.717) is 42.5 Å². The molecule has 1 N–H and O–H groups in total. The summed E-state index contributed by atoms with van der Waals surface area (Å²) in [6.45, 7) is 9.58. The number of carbonyl (C=O) groups excluding carboxylic acids is 1. The minimum absolute atomic E-state index is 0.134. The fourth-order valence-electron chi connectivity index (χ4n) is 3.93. The van der Waals surface area contributed by atoms with E-state index in [4.69, 9.17) is 4.74 Å². The van der Waals surface area contributed by atoms with Crippen LogP contribution in [0.1, 0.15) is 22.3 Å². The second-order valence-electron chi connectivity index (χ2n) is 8.05. The fourth-order valence-corrected chi connectivity index (χ4v) is 5.93. The molecule has 31 heavy (non-hydrogen) atoms. The molecule has 1 aliphatic rings. The summed E-state index contributed by atoms with van der Waals surface area (Å²) in [5.74, 6) is 0.541. The summed E-state index contributed by atoms with van der Waals surface area (Å²) in [5.41, 5.74) is 4.25. The van der Waals surface area contributed by atoms with Gasteiger partial charge in [-0.2, -0.15) is 4.31 Å². The van der Waals surface area contributed by atoms with Crippen molar-refractivity contribution >= 4 is 21.6 Å². The number of rotatable bonds is 6. The largest absolute Gasteiger partial charge is 0.497 e. The van der Waals surface area contributed by atoms with Crippen LogP contribution in [0.5, 0.6) is 5.75 Å². The molecular formula is C23H31N3O4S. The Morgan fingerprint density at radius 2 is 1.61 bits per heavy atom.